The van der Waals surface area contributed by atoms with Crippen LogP contribution in [0, 0.1) is 5.41 Å². The van der Waals surface area contributed by atoms with Gasteiger partial charge in [0, 0.05) is 13.7 Å². The van der Waals surface area contributed by atoms with Crippen LogP contribution in [0.15, 0.2) is 0 Å². The molecule has 0 aromatic rings. The lowest BCUT2D eigenvalue weighted by atomic mass is 10.1. The van der Waals surface area contributed by atoms with Crippen molar-refractivity contribution in [1.29, 1.82) is 5.41 Å². The predicted octanol–water partition coefficient (Wildman–Crippen LogP) is -0.0109. The van der Waals surface area contributed by atoms with Gasteiger partial charge in [0.2, 0.25) is 0 Å². The first-order valence-electron chi connectivity index (χ1n) is 3.81. The fraction of sp³-hybridized carbons (Fsp3) is 0.857. The number of hydrogen-bond acceptors (Lipinski definition) is 2. The normalized spacial score (nSPS) is 30.4. The minimum absolute atomic E-state index is 0.118. The van der Waals surface area contributed by atoms with E-state index in [2.05, 4.69) is 0 Å². The van der Waals surface area contributed by atoms with E-state index in [0.717, 1.165) is 13.0 Å². The Labute approximate surface area is 66.8 Å². The van der Waals surface area contributed by atoms with Crippen molar-refractivity contribution in [2.24, 2.45) is 5.73 Å². The Balaban J connectivity index is 2.52. The van der Waals surface area contributed by atoms with E-state index in [1.807, 2.05) is 14.0 Å². The molecule has 1 fully saturated rings. The van der Waals surface area contributed by atoms with E-state index in [1.54, 1.807) is 4.90 Å². The number of guanidine groups is 1. The van der Waals surface area contributed by atoms with Crippen LogP contribution < -0.4 is 5.73 Å². The molecule has 2 unspecified atom stereocenters. The van der Waals surface area contributed by atoms with Crippen LogP contribution >= 0.6 is 0 Å². The van der Waals surface area contributed by atoms with Crippen molar-refractivity contribution < 1.29 is 4.74 Å². The molecule has 0 amide bonds. The molecule has 0 bridgehead atoms. The van der Waals surface area contributed by atoms with Gasteiger partial charge in [-0.2, -0.15) is 0 Å². The van der Waals surface area contributed by atoms with Crippen LogP contribution in [0.3, 0.4) is 0 Å². The highest BCUT2D eigenvalue weighted by molar-refractivity contribution is 5.74. The third-order valence-electron chi connectivity index (χ3n) is 2.21. The van der Waals surface area contributed by atoms with Crippen LogP contribution in [0.2, 0.25) is 0 Å². The van der Waals surface area contributed by atoms with Crippen LogP contribution in [0.1, 0.15) is 13.3 Å². The Kier molecular flexibility index (Phi) is 2.34. The standard InChI is InChI=1S/C7H15N3O/c1-5-6(3-4-11-5)10(2)7(8)9/h5-6H,3-4H2,1-2H3,(H3,8,9). The average molecular weight is 157 g/mol. The zero-order chi connectivity index (χ0) is 8.43. The molecule has 0 aliphatic carbocycles. The third-order valence-corrected chi connectivity index (χ3v) is 2.21. The quantitative estimate of drug-likeness (QED) is 0.415. The van der Waals surface area contributed by atoms with Gasteiger partial charge in [-0.3, -0.25) is 5.41 Å². The molecule has 4 heteroatoms. The molecule has 1 heterocycles. The van der Waals surface area contributed by atoms with Gasteiger partial charge in [-0.25, -0.2) is 0 Å². The summed E-state index contributed by atoms with van der Waals surface area (Å²) in [5.41, 5.74) is 5.33. The summed E-state index contributed by atoms with van der Waals surface area (Å²) in [7, 11) is 1.83. The Bertz CT molecular complexity index is 160. The number of rotatable bonds is 1. The first-order valence-corrected chi connectivity index (χ1v) is 3.81. The molecular weight excluding hydrogens is 142 g/mol. The third kappa shape index (κ3) is 1.63. The van der Waals surface area contributed by atoms with E-state index < -0.39 is 0 Å². The number of nitrogens with zero attached hydrogens (tertiary/aromatic N) is 1. The lowest BCUT2D eigenvalue weighted by Crippen LogP contribution is -2.44. The molecule has 1 saturated heterocycles. The number of nitrogens with one attached hydrogen (secondary N) is 1. The second-order valence-electron chi connectivity index (χ2n) is 2.93. The van der Waals surface area contributed by atoms with Gasteiger partial charge in [-0.15, -0.1) is 0 Å². The Morgan fingerprint density at radius 1 is 1.73 bits per heavy atom. The summed E-state index contributed by atoms with van der Waals surface area (Å²) in [5, 5.41) is 7.20. The number of ether oxygens (including phenoxy) is 1. The molecule has 3 N–H and O–H groups in total. The molecule has 64 valence electrons. The summed E-state index contributed by atoms with van der Waals surface area (Å²) in [4.78, 5) is 1.76. The minimum Gasteiger partial charge on any atom is -0.376 e. The molecule has 0 aromatic carbocycles. The Morgan fingerprint density at radius 2 is 2.36 bits per heavy atom. The van der Waals surface area contributed by atoms with Gasteiger partial charge in [0.1, 0.15) is 0 Å². The van der Waals surface area contributed by atoms with E-state index in [9.17, 15) is 0 Å². The predicted molar refractivity (Wildman–Crippen MR) is 43.5 cm³/mol. The molecule has 0 radical (unpaired) electrons. The number of nitrogens with two attached hydrogens (primary N) is 1. The highest BCUT2D eigenvalue weighted by Crippen LogP contribution is 2.17. The average Bonchev–Trinajstić information content (AvgIpc) is 2.33. The van der Waals surface area contributed by atoms with Crippen LogP contribution in [0.5, 0.6) is 0 Å². The largest absolute Gasteiger partial charge is 0.376 e. The molecular formula is C7H15N3O. The monoisotopic (exact) mass is 157 g/mol. The molecule has 0 aromatic heterocycles. The maximum Gasteiger partial charge on any atom is 0.188 e. The molecule has 0 spiro atoms. The van der Waals surface area contributed by atoms with E-state index in [0.29, 0.717) is 0 Å². The molecule has 1 aliphatic heterocycles. The smallest absolute Gasteiger partial charge is 0.188 e. The summed E-state index contributed by atoms with van der Waals surface area (Å²) in [6, 6.07) is 0.285. The van der Waals surface area contributed by atoms with Crippen molar-refractivity contribution in [3.05, 3.63) is 0 Å². The van der Waals surface area contributed by atoms with Gasteiger partial charge in [0.05, 0.1) is 12.1 Å². The van der Waals surface area contributed by atoms with Crippen LogP contribution in [0.4, 0.5) is 0 Å². The van der Waals surface area contributed by atoms with Crippen molar-refractivity contribution >= 4 is 5.96 Å². The molecule has 4 nitrogen and oxygen atoms in total. The lowest BCUT2D eigenvalue weighted by Gasteiger charge is -2.26. The highest BCUT2D eigenvalue weighted by Gasteiger charge is 2.28. The molecule has 1 aliphatic rings. The van der Waals surface area contributed by atoms with Gasteiger partial charge >= 0.3 is 0 Å². The molecule has 0 saturated carbocycles. The van der Waals surface area contributed by atoms with E-state index in [4.69, 9.17) is 15.9 Å². The van der Waals surface area contributed by atoms with Gasteiger partial charge in [0.25, 0.3) is 0 Å². The number of hydrogen-bond donors (Lipinski definition) is 2. The molecule has 11 heavy (non-hydrogen) atoms. The second-order valence-corrected chi connectivity index (χ2v) is 2.93. The second kappa shape index (κ2) is 3.09. The van der Waals surface area contributed by atoms with E-state index in [1.165, 1.54) is 0 Å². The summed E-state index contributed by atoms with van der Waals surface area (Å²) < 4.78 is 5.34. The van der Waals surface area contributed by atoms with Crippen molar-refractivity contribution in [2.45, 2.75) is 25.5 Å². The van der Waals surface area contributed by atoms with E-state index >= 15 is 0 Å². The summed E-state index contributed by atoms with van der Waals surface area (Å²) >= 11 is 0. The van der Waals surface area contributed by atoms with Gasteiger partial charge < -0.3 is 15.4 Å². The first kappa shape index (κ1) is 8.33. The minimum atomic E-state index is 0.118. The Hall–Kier alpha value is -0.770. The van der Waals surface area contributed by atoms with Crippen molar-refractivity contribution in [3.63, 3.8) is 0 Å². The summed E-state index contributed by atoms with van der Waals surface area (Å²) in [6.45, 7) is 2.79. The van der Waals surface area contributed by atoms with Gasteiger partial charge in [-0.05, 0) is 13.3 Å². The van der Waals surface area contributed by atoms with Crippen LogP contribution in [-0.2, 0) is 4.74 Å². The SMILES string of the molecule is CC1OCCC1N(C)C(=N)N. The zero-order valence-electron chi connectivity index (χ0n) is 7.00. The highest BCUT2D eigenvalue weighted by atomic mass is 16.5. The number of likely N-dealkylation sites (N-methyl/N-ethyl adjacent to an activating group) is 1. The Morgan fingerprint density at radius 3 is 2.73 bits per heavy atom. The fourth-order valence-corrected chi connectivity index (χ4v) is 1.41. The molecule has 1 rings (SSSR count). The maximum absolute atomic E-state index is 7.20. The van der Waals surface area contributed by atoms with Crippen molar-refractivity contribution in [2.75, 3.05) is 13.7 Å². The topological polar surface area (TPSA) is 62.3 Å². The first-order chi connectivity index (χ1) is 5.13. The zero-order valence-corrected chi connectivity index (χ0v) is 7.00. The molecule has 2 atom stereocenters. The van der Waals surface area contributed by atoms with Gasteiger partial charge in [0.15, 0.2) is 5.96 Å². The van der Waals surface area contributed by atoms with Crippen molar-refractivity contribution in [3.8, 4) is 0 Å². The van der Waals surface area contributed by atoms with Crippen LogP contribution in [-0.4, -0.2) is 36.7 Å². The van der Waals surface area contributed by atoms with Gasteiger partial charge in [-0.1, -0.05) is 0 Å². The summed E-state index contributed by atoms with van der Waals surface area (Å²) in [5.74, 6) is 0.118. The van der Waals surface area contributed by atoms with Crippen molar-refractivity contribution in [1.82, 2.24) is 4.90 Å². The maximum atomic E-state index is 7.20. The lowest BCUT2D eigenvalue weighted by molar-refractivity contribution is 0.0995. The van der Waals surface area contributed by atoms with E-state index in [-0.39, 0.29) is 18.1 Å². The van der Waals surface area contributed by atoms with Crippen LogP contribution in [0.25, 0.3) is 0 Å². The summed E-state index contributed by atoms with van der Waals surface area (Å²) in [6.07, 6.45) is 1.17. The fourth-order valence-electron chi connectivity index (χ4n) is 1.41.